The molecule has 1 aliphatic heterocycles. The van der Waals surface area contributed by atoms with Gasteiger partial charge in [-0.2, -0.15) is 0 Å². The van der Waals surface area contributed by atoms with Crippen molar-refractivity contribution in [3.63, 3.8) is 0 Å². The molecule has 1 N–H and O–H groups in total. The fraction of sp³-hybridized carbons (Fsp3) is 0.458. The molecule has 1 atom stereocenters. The number of benzene rings is 2. The Morgan fingerprint density at radius 3 is 2.48 bits per heavy atom. The van der Waals surface area contributed by atoms with Crippen molar-refractivity contribution in [2.75, 3.05) is 40.3 Å². The number of hydrogen-bond acceptors (Lipinski definition) is 4. The fourth-order valence-electron chi connectivity index (χ4n) is 3.94. The molecule has 0 radical (unpaired) electrons. The van der Waals surface area contributed by atoms with Gasteiger partial charge in [-0.3, -0.25) is 4.79 Å². The van der Waals surface area contributed by atoms with E-state index < -0.39 is 6.10 Å². The number of aryl methyl sites for hydroxylation is 1. The highest BCUT2D eigenvalue weighted by atomic mass is 16.5. The minimum absolute atomic E-state index is 0.0511. The highest BCUT2D eigenvalue weighted by Crippen LogP contribution is 2.16. The number of amides is 1. The summed E-state index contributed by atoms with van der Waals surface area (Å²) in [5.74, 6) is 0.855. The summed E-state index contributed by atoms with van der Waals surface area (Å²) in [5.41, 5.74) is 3.90. The number of β-amino-alcohol motifs (C(OH)–C–C–N with tert-alkyl or cyclic N) is 1. The molecule has 0 aromatic heterocycles. The van der Waals surface area contributed by atoms with Crippen molar-refractivity contribution in [2.45, 2.75) is 31.8 Å². The van der Waals surface area contributed by atoms with Crippen LogP contribution in [0.25, 0.3) is 0 Å². The van der Waals surface area contributed by atoms with Gasteiger partial charge in [-0.1, -0.05) is 36.4 Å². The fourth-order valence-corrected chi connectivity index (χ4v) is 3.94. The Hall–Kier alpha value is -2.37. The van der Waals surface area contributed by atoms with Crippen LogP contribution in [0.5, 0.6) is 5.75 Å². The molecule has 156 valence electrons. The van der Waals surface area contributed by atoms with E-state index in [-0.39, 0.29) is 5.91 Å². The number of aliphatic hydroxyl groups is 1. The Kier molecular flexibility index (Phi) is 7.67. The van der Waals surface area contributed by atoms with E-state index in [1.165, 1.54) is 11.1 Å². The first-order chi connectivity index (χ1) is 14.0. The summed E-state index contributed by atoms with van der Waals surface area (Å²) in [6, 6.07) is 16.4. The average Bonchev–Trinajstić information content (AvgIpc) is 2.94. The third-order valence-corrected chi connectivity index (χ3v) is 5.65. The normalized spacial score (nSPS) is 15.3. The maximum absolute atomic E-state index is 12.5. The molecule has 0 spiro atoms. The predicted molar refractivity (Wildman–Crippen MR) is 115 cm³/mol. The number of ether oxygens (including phenoxy) is 1. The number of aliphatic hydroxyl groups excluding tert-OH is 1. The number of fused-ring (bicyclic) bond motifs is 1. The summed E-state index contributed by atoms with van der Waals surface area (Å²) in [6.07, 6.45) is 2.58. The Bertz CT molecular complexity index is 781. The molecule has 3 rings (SSSR count). The molecule has 0 unspecified atom stereocenters. The van der Waals surface area contributed by atoms with Gasteiger partial charge in [0.2, 0.25) is 5.91 Å². The van der Waals surface area contributed by atoms with Crippen molar-refractivity contribution in [2.24, 2.45) is 0 Å². The van der Waals surface area contributed by atoms with E-state index in [4.69, 9.17) is 4.74 Å². The zero-order valence-corrected chi connectivity index (χ0v) is 17.5. The Balaban J connectivity index is 1.42. The molecule has 0 aliphatic carbocycles. The van der Waals surface area contributed by atoms with Crippen LogP contribution in [0.3, 0.4) is 0 Å². The topological polar surface area (TPSA) is 53.0 Å². The summed E-state index contributed by atoms with van der Waals surface area (Å²) in [4.78, 5) is 16.4. The summed E-state index contributed by atoms with van der Waals surface area (Å²) in [6.45, 7) is 2.85. The van der Waals surface area contributed by atoms with Crippen LogP contribution >= 0.6 is 0 Å². The molecule has 0 fully saturated rings. The van der Waals surface area contributed by atoms with E-state index in [0.717, 1.165) is 37.2 Å². The zero-order chi connectivity index (χ0) is 20.6. The van der Waals surface area contributed by atoms with Gasteiger partial charge in [0.15, 0.2) is 0 Å². The van der Waals surface area contributed by atoms with Crippen LogP contribution in [0.15, 0.2) is 48.5 Å². The van der Waals surface area contributed by atoms with Gasteiger partial charge >= 0.3 is 0 Å². The van der Waals surface area contributed by atoms with Crippen LogP contribution in [0.2, 0.25) is 0 Å². The lowest BCUT2D eigenvalue weighted by molar-refractivity contribution is -0.131. The molecular weight excluding hydrogens is 364 g/mol. The third-order valence-electron chi connectivity index (χ3n) is 5.65. The quantitative estimate of drug-likeness (QED) is 0.745. The molecule has 1 aliphatic rings. The first kappa shape index (κ1) is 21.3. The van der Waals surface area contributed by atoms with Gasteiger partial charge in [-0.25, -0.2) is 0 Å². The first-order valence-electron chi connectivity index (χ1n) is 10.4. The maximum Gasteiger partial charge on any atom is 0.222 e. The zero-order valence-electron chi connectivity index (χ0n) is 17.5. The van der Waals surface area contributed by atoms with Crippen molar-refractivity contribution >= 4 is 5.91 Å². The highest BCUT2D eigenvalue weighted by Gasteiger charge is 2.19. The Morgan fingerprint density at radius 1 is 1.14 bits per heavy atom. The Morgan fingerprint density at radius 2 is 1.83 bits per heavy atom. The van der Waals surface area contributed by atoms with Crippen LogP contribution < -0.4 is 4.74 Å². The molecular formula is C24H32N2O3. The first-order valence-corrected chi connectivity index (χ1v) is 10.4. The van der Waals surface area contributed by atoms with Gasteiger partial charge in [-0.15, -0.1) is 0 Å². The largest absolute Gasteiger partial charge is 0.497 e. The number of methoxy groups -OCH3 is 1. The maximum atomic E-state index is 12.5. The summed E-state index contributed by atoms with van der Waals surface area (Å²) >= 11 is 0. The molecule has 5 nitrogen and oxygen atoms in total. The SMILES string of the molecule is COc1cccc(CCC(=O)N(C)C[C@@H](O)CN2CCc3ccccc3CC2)c1. The van der Waals surface area contributed by atoms with E-state index in [1.54, 1.807) is 19.1 Å². The van der Waals surface area contributed by atoms with Crippen molar-refractivity contribution in [3.05, 3.63) is 65.2 Å². The molecule has 1 heterocycles. The molecule has 0 saturated heterocycles. The second-order valence-corrected chi connectivity index (χ2v) is 7.85. The molecule has 1 amide bonds. The van der Waals surface area contributed by atoms with Crippen LogP contribution in [0.4, 0.5) is 0 Å². The van der Waals surface area contributed by atoms with Crippen molar-refractivity contribution in [3.8, 4) is 5.75 Å². The molecule has 5 heteroatoms. The lowest BCUT2D eigenvalue weighted by Gasteiger charge is -2.26. The summed E-state index contributed by atoms with van der Waals surface area (Å²) < 4.78 is 5.23. The van der Waals surface area contributed by atoms with Crippen LogP contribution in [-0.4, -0.2) is 67.3 Å². The minimum Gasteiger partial charge on any atom is -0.497 e. The summed E-state index contributed by atoms with van der Waals surface area (Å²) in [5, 5.41) is 10.5. The number of nitrogens with zero attached hydrogens (tertiary/aromatic N) is 2. The van der Waals surface area contributed by atoms with E-state index in [9.17, 15) is 9.90 Å². The number of carbonyl (C=O) groups excluding carboxylic acids is 1. The van der Waals surface area contributed by atoms with Crippen molar-refractivity contribution < 1.29 is 14.6 Å². The van der Waals surface area contributed by atoms with E-state index in [2.05, 4.69) is 29.2 Å². The lowest BCUT2D eigenvalue weighted by atomic mass is 10.0. The average molecular weight is 397 g/mol. The van der Waals surface area contributed by atoms with E-state index >= 15 is 0 Å². The predicted octanol–water partition coefficient (Wildman–Crippen LogP) is 2.55. The monoisotopic (exact) mass is 396 g/mol. The second-order valence-electron chi connectivity index (χ2n) is 7.85. The molecule has 0 bridgehead atoms. The van der Waals surface area contributed by atoms with Crippen molar-refractivity contribution in [1.82, 2.24) is 9.80 Å². The summed E-state index contributed by atoms with van der Waals surface area (Å²) in [7, 11) is 3.41. The number of carbonyl (C=O) groups is 1. The molecule has 0 saturated carbocycles. The number of rotatable bonds is 8. The lowest BCUT2D eigenvalue weighted by Crippen LogP contribution is -2.42. The number of likely N-dealkylation sites (N-methyl/N-ethyl adjacent to an activating group) is 1. The smallest absolute Gasteiger partial charge is 0.222 e. The van der Waals surface area contributed by atoms with Gasteiger partial charge in [0.1, 0.15) is 5.75 Å². The number of hydrogen-bond donors (Lipinski definition) is 1. The molecule has 2 aromatic carbocycles. The minimum atomic E-state index is -0.540. The third kappa shape index (κ3) is 6.31. The standard InChI is InChI=1S/C24H32N2O3/c1-25(24(28)11-10-19-6-5-9-23(16-19)29-2)17-22(27)18-26-14-12-20-7-3-4-8-21(20)13-15-26/h3-9,16,22,27H,10-15,17-18H2,1-2H3/t22-/m1/s1. The van der Waals surface area contributed by atoms with E-state index in [1.807, 2.05) is 24.3 Å². The van der Waals surface area contributed by atoms with Gasteiger partial charge < -0.3 is 19.6 Å². The molecule has 2 aromatic rings. The van der Waals surface area contributed by atoms with Crippen LogP contribution in [-0.2, 0) is 24.1 Å². The van der Waals surface area contributed by atoms with Gasteiger partial charge in [-0.05, 0) is 48.1 Å². The van der Waals surface area contributed by atoms with Crippen molar-refractivity contribution in [1.29, 1.82) is 0 Å². The Labute approximate surface area is 173 Å². The van der Waals surface area contributed by atoms with Gasteiger partial charge in [0.25, 0.3) is 0 Å². The van der Waals surface area contributed by atoms with Gasteiger partial charge in [0, 0.05) is 39.6 Å². The molecule has 29 heavy (non-hydrogen) atoms. The van der Waals surface area contributed by atoms with Crippen LogP contribution in [0, 0.1) is 0 Å². The second kappa shape index (κ2) is 10.4. The van der Waals surface area contributed by atoms with E-state index in [0.29, 0.717) is 25.9 Å². The van der Waals surface area contributed by atoms with Gasteiger partial charge in [0.05, 0.1) is 13.2 Å². The highest BCUT2D eigenvalue weighted by molar-refractivity contribution is 5.76. The van der Waals surface area contributed by atoms with Crippen LogP contribution in [0.1, 0.15) is 23.1 Å².